The number of piperidine rings is 1. The van der Waals surface area contributed by atoms with Crippen molar-refractivity contribution in [3.63, 3.8) is 0 Å². The SMILES string of the molecule is C=C/C(Br)=C(/C)N(C)/C(=C\C(=C)c1ccccc1O)NC1CCN(S(=O)(=O)c2ccc(C)c(O)c2O)CC1. The number of allylic oxidation sites excluding steroid dienone is 5. The van der Waals surface area contributed by atoms with Crippen molar-refractivity contribution in [1.29, 1.82) is 0 Å². The molecule has 204 valence electrons. The molecule has 0 spiro atoms. The van der Waals surface area contributed by atoms with Gasteiger partial charge in [-0.25, -0.2) is 8.42 Å². The second-order valence-electron chi connectivity index (χ2n) is 9.17. The maximum Gasteiger partial charge on any atom is 0.246 e. The maximum atomic E-state index is 13.2. The van der Waals surface area contributed by atoms with Gasteiger partial charge in [0.1, 0.15) is 16.5 Å². The van der Waals surface area contributed by atoms with Gasteiger partial charge >= 0.3 is 0 Å². The first-order chi connectivity index (χ1) is 17.9. The summed E-state index contributed by atoms with van der Waals surface area (Å²) in [5, 5.41) is 34.1. The second-order valence-corrected chi connectivity index (χ2v) is 11.9. The van der Waals surface area contributed by atoms with Crippen LogP contribution in [0.25, 0.3) is 5.57 Å². The van der Waals surface area contributed by atoms with E-state index in [-0.39, 0.29) is 29.8 Å². The Morgan fingerprint density at radius 3 is 2.37 bits per heavy atom. The zero-order chi connectivity index (χ0) is 28.2. The first kappa shape index (κ1) is 29.3. The number of benzene rings is 2. The minimum Gasteiger partial charge on any atom is -0.507 e. The number of phenols is 3. The topological polar surface area (TPSA) is 113 Å². The quantitative estimate of drug-likeness (QED) is 0.231. The van der Waals surface area contributed by atoms with Crippen LogP contribution in [0.5, 0.6) is 17.2 Å². The van der Waals surface area contributed by atoms with Gasteiger partial charge in [-0.1, -0.05) is 43.5 Å². The van der Waals surface area contributed by atoms with Crippen molar-refractivity contribution in [3.05, 3.63) is 88.8 Å². The number of aryl methyl sites for hydroxylation is 1. The fourth-order valence-electron chi connectivity index (χ4n) is 4.17. The number of para-hydroxylation sites is 1. The van der Waals surface area contributed by atoms with Crippen LogP contribution in [0.15, 0.2) is 82.6 Å². The lowest BCUT2D eigenvalue weighted by molar-refractivity contribution is 0.285. The molecule has 0 bridgehead atoms. The number of nitrogens with one attached hydrogen (secondary N) is 1. The van der Waals surface area contributed by atoms with E-state index in [1.807, 2.05) is 31.0 Å². The van der Waals surface area contributed by atoms with E-state index in [0.29, 0.717) is 29.5 Å². The number of aromatic hydroxyl groups is 3. The van der Waals surface area contributed by atoms with E-state index in [1.165, 1.54) is 16.4 Å². The standard InChI is InChI=1S/C28H34BrN3O5S/c1-6-23(29)20(4)31(5)26(17-19(3)22-9-7-8-10-24(22)33)30-21-13-15-32(16-14-21)38(36,37)25-12-11-18(2)27(34)28(25)35/h6-12,17,21,30,33-35H,1,3,13-16H2,2,4-5H3/b23-20+,26-17-. The van der Waals surface area contributed by atoms with E-state index < -0.39 is 21.5 Å². The Bertz CT molecular complexity index is 1390. The van der Waals surface area contributed by atoms with E-state index in [2.05, 4.69) is 34.4 Å². The van der Waals surface area contributed by atoms with Crippen molar-refractivity contribution >= 4 is 31.5 Å². The monoisotopic (exact) mass is 603 g/mol. The first-order valence-corrected chi connectivity index (χ1v) is 14.3. The zero-order valence-corrected chi connectivity index (χ0v) is 24.2. The summed E-state index contributed by atoms with van der Waals surface area (Å²) in [5.41, 5.74) is 2.49. The predicted molar refractivity (Wildman–Crippen MR) is 154 cm³/mol. The highest BCUT2D eigenvalue weighted by Gasteiger charge is 2.32. The lowest BCUT2D eigenvalue weighted by Gasteiger charge is -2.35. The summed E-state index contributed by atoms with van der Waals surface area (Å²) in [6.07, 6.45) is 4.57. The van der Waals surface area contributed by atoms with Gasteiger partial charge in [-0.15, -0.1) is 0 Å². The molecule has 1 aliphatic heterocycles. The fraction of sp³-hybridized carbons (Fsp3) is 0.286. The fourth-order valence-corrected chi connectivity index (χ4v) is 5.99. The number of hydrogen-bond acceptors (Lipinski definition) is 7. The normalized spacial score (nSPS) is 16.1. The Kier molecular flexibility index (Phi) is 9.35. The highest BCUT2D eigenvalue weighted by atomic mass is 79.9. The van der Waals surface area contributed by atoms with Gasteiger partial charge in [0, 0.05) is 41.9 Å². The molecule has 2 aromatic carbocycles. The van der Waals surface area contributed by atoms with Crippen LogP contribution in [0.1, 0.15) is 30.9 Å². The molecule has 10 heteroatoms. The summed E-state index contributed by atoms with van der Waals surface area (Å²) in [6.45, 7) is 11.9. The van der Waals surface area contributed by atoms with E-state index in [0.717, 1.165) is 16.0 Å². The molecule has 4 N–H and O–H groups in total. The summed E-state index contributed by atoms with van der Waals surface area (Å²) in [5.74, 6) is -0.217. The van der Waals surface area contributed by atoms with E-state index in [1.54, 1.807) is 31.2 Å². The summed E-state index contributed by atoms with van der Waals surface area (Å²) >= 11 is 3.52. The number of nitrogens with zero attached hydrogens (tertiary/aromatic N) is 2. The molecule has 8 nitrogen and oxygen atoms in total. The van der Waals surface area contributed by atoms with Gasteiger partial charge in [0.05, 0.1) is 0 Å². The largest absolute Gasteiger partial charge is 0.507 e. The first-order valence-electron chi connectivity index (χ1n) is 12.1. The number of hydrogen-bond donors (Lipinski definition) is 4. The van der Waals surface area contributed by atoms with Crippen molar-refractivity contribution in [3.8, 4) is 17.2 Å². The number of halogens is 1. The average Bonchev–Trinajstić information content (AvgIpc) is 2.90. The minimum absolute atomic E-state index is 0.0531. The molecule has 3 rings (SSSR count). The highest BCUT2D eigenvalue weighted by Crippen LogP contribution is 2.37. The Hall–Kier alpha value is -3.21. The second kappa shape index (κ2) is 12.1. The number of rotatable bonds is 9. The molecular formula is C28H34BrN3O5S. The van der Waals surface area contributed by atoms with Crippen LogP contribution in [-0.2, 0) is 10.0 Å². The molecule has 0 atom stereocenters. The van der Waals surface area contributed by atoms with Crippen LogP contribution >= 0.6 is 15.9 Å². The molecular weight excluding hydrogens is 570 g/mol. The van der Waals surface area contributed by atoms with Gasteiger partial charge < -0.3 is 25.5 Å². The Morgan fingerprint density at radius 2 is 1.76 bits per heavy atom. The van der Waals surface area contributed by atoms with Crippen LogP contribution < -0.4 is 5.32 Å². The smallest absolute Gasteiger partial charge is 0.246 e. The van der Waals surface area contributed by atoms with Gasteiger partial charge in [0.2, 0.25) is 10.0 Å². The van der Waals surface area contributed by atoms with E-state index >= 15 is 0 Å². The Balaban J connectivity index is 1.83. The molecule has 1 saturated heterocycles. The van der Waals surface area contributed by atoms with Gasteiger partial charge in [-0.2, -0.15) is 4.31 Å². The van der Waals surface area contributed by atoms with Crippen molar-refractivity contribution in [2.45, 2.75) is 37.6 Å². The highest BCUT2D eigenvalue weighted by molar-refractivity contribution is 9.11. The summed E-state index contributed by atoms with van der Waals surface area (Å²) < 4.78 is 28.5. The van der Waals surface area contributed by atoms with Gasteiger partial charge in [0.25, 0.3) is 0 Å². The molecule has 38 heavy (non-hydrogen) atoms. The summed E-state index contributed by atoms with van der Waals surface area (Å²) in [7, 11) is -2.09. The molecule has 0 aliphatic carbocycles. The van der Waals surface area contributed by atoms with Crippen molar-refractivity contribution in [2.24, 2.45) is 0 Å². The third kappa shape index (κ3) is 6.25. The van der Waals surface area contributed by atoms with Crippen LogP contribution in [0.2, 0.25) is 0 Å². The van der Waals surface area contributed by atoms with Crippen LogP contribution in [-0.4, -0.2) is 59.1 Å². The van der Waals surface area contributed by atoms with Crippen LogP contribution in [0, 0.1) is 6.92 Å². The molecule has 0 unspecified atom stereocenters. The third-order valence-electron chi connectivity index (χ3n) is 6.69. The van der Waals surface area contributed by atoms with Crippen LogP contribution in [0.3, 0.4) is 0 Å². The number of sulfonamides is 1. The Morgan fingerprint density at radius 1 is 1.13 bits per heavy atom. The van der Waals surface area contributed by atoms with Crippen LogP contribution in [0.4, 0.5) is 0 Å². The molecule has 0 saturated carbocycles. The maximum absolute atomic E-state index is 13.2. The molecule has 2 aromatic rings. The van der Waals surface area contributed by atoms with Crippen molar-refractivity contribution in [1.82, 2.24) is 14.5 Å². The molecule has 1 aliphatic rings. The van der Waals surface area contributed by atoms with Crippen molar-refractivity contribution < 1.29 is 23.7 Å². The zero-order valence-electron chi connectivity index (χ0n) is 21.8. The molecule has 0 radical (unpaired) electrons. The van der Waals surface area contributed by atoms with E-state index in [4.69, 9.17) is 0 Å². The van der Waals surface area contributed by atoms with Gasteiger partial charge in [-0.3, -0.25) is 0 Å². The Labute approximate surface area is 233 Å². The number of phenolic OH excluding ortho intramolecular Hbond substituents is 3. The third-order valence-corrected chi connectivity index (χ3v) is 9.52. The average molecular weight is 605 g/mol. The molecule has 1 fully saturated rings. The molecule has 0 aromatic heterocycles. The minimum atomic E-state index is -3.98. The predicted octanol–water partition coefficient (Wildman–Crippen LogP) is 5.15. The van der Waals surface area contributed by atoms with Crippen molar-refractivity contribution in [2.75, 3.05) is 20.1 Å². The summed E-state index contributed by atoms with van der Waals surface area (Å²) in [6, 6.07) is 9.69. The molecule has 1 heterocycles. The summed E-state index contributed by atoms with van der Waals surface area (Å²) in [4.78, 5) is 1.63. The lowest BCUT2D eigenvalue weighted by Crippen LogP contribution is -2.46. The lowest BCUT2D eigenvalue weighted by atomic mass is 10.0. The molecule has 0 amide bonds. The van der Waals surface area contributed by atoms with E-state index in [9.17, 15) is 23.7 Å². The van der Waals surface area contributed by atoms with Gasteiger partial charge in [0.15, 0.2) is 11.5 Å². The van der Waals surface area contributed by atoms with Gasteiger partial charge in [-0.05, 0) is 72.0 Å².